The lowest BCUT2D eigenvalue weighted by Gasteiger charge is -2.04. The Morgan fingerprint density at radius 3 is 2.60 bits per heavy atom. The summed E-state index contributed by atoms with van der Waals surface area (Å²) in [5, 5.41) is 5.15. The highest BCUT2D eigenvalue weighted by molar-refractivity contribution is 9.10. The van der Waals surface area contributed by atoms with E-state index >= 15 is 0 Å². The lowest BCUT2D eigenvalue weighted by Crippen LogP contribution is -1.98. The summed E-state index contributed by atoms with van der Waals surface area (Å²) in [4.78, 5) is 0. The molecule has 0 fully saturated rings. The van der Waals surface area contributed by atoms with Crippen molar-refractivity contribution >= 4 is 27.5 Å². The molecule has 0 radical (unpaired) electrons. The summed E-state index contributed by atoms with van der Waals surface area (Å²) in [5.41, 5.74) is 3.04. The van der Waals surface area contributed by atoms with E-state index in [1.54, 1.807) is 0 Å². The molecule has 2 nitrogen and oxygen atoms in total. The van der Waals surface area contributed by atoms with E-state index in [-0.39, 0.29) is 0 Å². The van der Waals surface area contributed by atoms with Gasteiger partial charge in [0.1, 0.15) is 0 Å². The largest absolute Gasteiger partial charge is 0.237 e. The summed E-state index contributed by atoms with van der Waals surface area (Å²) >= 11 is 9.44. The molecule has 0 amide bonds. The lowest BCUT2D eigenvalue weighted by molar-refractivity contribution is 0.833. The van der Waals surface area contributed by atoms with E-state index in [4.69, 9.17) is 11.6 Å². The summed E-state index contributed by atoms with van der Waals surface area (Å²) in [6, 6.07) is 7.65. The van der Waals surface area contributed by atoms with Gasteiger partial charge in [-0.15, -0.1) is 0 Å². The van der Waals surface area contributed by atoms with Crippen LogP contribution in [-0.2, 0) is 0 Å². The first kappa shape index (κ1) is 10.7. The average Bonchev–Trinajstić information content (AvgIpc) is 2.46. The maximum atomic E-state index is 5.94. The summed E-state index contributed by atoms with van der Waals surface area (Å²) in [6.45, 7) is 3.99. The highest BCUT2D eigenvalue weighted by atomic mass is 79.9. The number of aromatic nitrogens is 2. The quantitative estimate of drug-likeness (QED) is 0.777. The third kappa shape index (κ3) is 1.94. The SMILES string of the molecule is Cc1nn(-c2cccc(Cl)c2)c(C)c1Br. The molecular formula is C11H10BrClN2. The van der Waals surface area contributed by atoms with Crippen molar-refractivity contribution in [3.63, 3.8) is 0 Å². The van der Waals surface area contributed by atoms with E-state index in [9.17, 15) is 0 Å². The Morgan fingerprint density at radius 2 is 2.07 bits per heavy atom. The Morgan fingerprint density at radius 1 is 1.33 bits per heavy atom. The van der Waals surface area contributed by atoms with Crippen LogP contribution in [0.1, 0.15) is 11.4 Å². The fraction of sp³-hybridized carbons (Fsp3) is 0.182. The molecule has 1 aromatic heterocycles. The summed E-state index contributed by atoms with van der Waals surface area (Å²) in [7, 11) is 0. The number of nitrogens with zero attached hydrogens (tertiary/aromatic N) is 2. The molecule has 15 heavy (non-hydrogen) atoms. The Hall–Kier alpha value is -0.800. The van der Waals surface area contributed by atoms with Crippen LogP contribution in [0.25, 0.3) is 5.69 Å². The van der Waals surface area contributed by atoms with E-state index in [0.717, 1.165) is 26.6 Å². The first-order chi connectivity index (χ1) is 7.09. The fourth-order valence-electron chi connectivity index (χ4n) is 1.48. The van der Waals surface area contributed by atoms with Gasteiger partial charge in [-0.1, -0.05) is 17.7 Å². The molecule has 1 aromatic carbocycles. The Kier molecular flexibility index (Phi) is 2.85. The summed E-state index contributed by atoms with van der Waals surface area (Å²) in [6.07, 6.45) is 0. The van der Waals surface area contributed by atoms with E-state index in [2.05, 4.69) is 21.0 Å². The van der Waals surface area contributed by atoms with Crippen molar-refractivity contribution in [1.82, 2.24) is 9.78 Å². The predicted molar refractivity (Wildman–Crippen MR) is 65.7 cm³/mol. The maximum Gasteiger partial charge on any atom is 0.0743 e. The highest BCUT2D eigenvalue weighted by Gasteiger charge is 2.09. The van der Waals surface area contributed by atoms with Crippen molar-refractivity contribution in [2.75, 3.05) is 0 Å². The Bertz CT molecular complexity index is 505. The number of aryl methyl sites for hydroxylation is 1. The van der Waals surface area contributed by atoms with Crippen LogP contribution in [0.2, 0.25) is 5.02 Å². The third-order valence-electron chi connectivity index (χ3n) is 2.26. The number of rotatable bonds is 1. The molecule has 1 heterocycles. The van der Waals surface area contributed by atoms with Gasteiger partial charge in [0.25, 0.3) is 0 Å². The van der Waals surface area contributed by atoms with Crippen molar-refractivity contribution in [2.45, 2.75) is 13.8 Å². The van der Waals surface area contributed by atoms with Crippen molar-refractivity contribution in [3.8, 4) is 5.69 Å². The minimum absolute atomic E-state index is 0.719. The number of hydrogen-bond acceptors (Lipinski definition) is 1. The van der Waals surface area contributed by atoms with Gasteiger partial charge in [-0.05, 0) is 48.0 Å². The summed E-state index contributed by atoms with van der Waals surface area (Å²) in [5.74, 6) is 0. The molecule has 0 N–H and O–H groups in total. The van der Waals surface area contributed by atoms with Gasteiger partial charge in [-0.3, -0.25) is 0 Å². The van der Waals surface area contributed by atoms with E-state index in [1.807, 2.05) is 42.8 Å². The van der Waals surface area contributed by atoms with Crippen LogP contribution in [0.15, 0.2) is 28.7 Å². The van der Waals surface area contributed by atoms with Gasteiger partial charge in [-0.2, -0.15) is 5.10 Å². The normalized spacial score (nSPS) is 10.7. The third-order valence-corrected chi connectivity index (χ3v) is 3.64. The van der Waals surface area contributed by atoms with Gasteiger partial charge < -0.3 is 0 Å². The molecule has 0 aliphatic carbocycles. The zero-order chi connectivity index (χ0) is 11.0. The molecule has 0 aliphatic rings. The molecule has 2 rings (SSSR count). The zero-order valence-corrected chi connectivity index (χ0v) is 10.8. The second-order valence-electron chi connectivity index (χ2n) is 3.38. The topological polar surface area (TPSA) is 17.8 Å². The number of hydrogen-bond donors (Lipinski definition) is 0. The van der Waals surface area contributed by atoms with Crippen LogP contribution in [0.5, 0.6) is 0 Å². The minimum Gasteiger partial charge on any atom is -0.237 e. The van der Waals surface area contributed by atoms with Gasteiger partial charge in [0.05, 0.1) is 21.5 Å². The van der Waals surface area contributed by atoms with Crippen LogP contribution in [0.3, 0.4) is 0 Å². The van der Waals surface area contributed by atoms with E-state index in [1.165, 1.54) is 0 Å². The van der Waals surface area contributed by atoms with Crippen LogP contribution in [0, 0.1) is 13.8 Å². The smallest absolute Gasteiger partial charge is 0.0743 e. The molecule has 4 heteroatoms. The number of halogens is 2. The van der Waals surface area contributed by atoms with Gasteiger partial charge in [-0.25, -0.2) is 4.68 Å². The molecule has 0 unspecified atom stereocenters. The molecule has 0 atom stereocenters. The molecule has 0 saturated carbocycles. The molecule has 0 aliphatic heterocycles. The van der Waals surface area contributed by atoms with E-state index < -0.39 is 0 Å². The molecule has 0 bridgehead atoms. The monoisotopic (exact) mass is 284 g/mol. The van der Waals surface area contributed by atoms with Crippen LogP contribution >= 0.6 is 27.5 Å². The van der Waals surface area contributed by atoms with Gasteiger partial charge in [0, 0.05) is 5.02 Å². The van der Waals surface area contributed by atoms with Gasteiger partial charge >= 0.3 is 0 Å². The van der Waals surface area contributed by atoms with Crippen LogP contribution in [0.4, 0.5) is 0 Å². The standard InChI is InChI=1S/C11H10BrClN2/c1-7-11(12)8(2)15(14-7)10-5-3-4-9(13)6-10/h3-6H,1-2H3. The van der Waals surface area contributed by atoms with Crippen molar-refractivity contribution in [3.05, 3.63) is 45.1 Å². The van der Waals surface area contributed by atoms with Crippen LogP contribution in [-0.4, -0.2) is 9.78 Å². The van der Waals surface area contributed by atoms with Gasteiger partial charge in [0.15, 0.2) is 0 Å². The molecule has 0 spiro atoms. The first-order valence-electron chi connectivity index (χ1n) is 4.57. The van der Waals surface area contributed by atoms with E-state index in [0.29, 0.717) is 0 Å². The van der Waals surface area contributed by atoms with Crippen molar-refractivity contribution in [2.24, 2.45) is 0 Å². The average molecular weight is 286 g/mol. The Balaban J connectivity index is 2.59. The summed E-state index contributed by atoms with van der Waals surface area (Å²) < 4.78 is 2.92. The minimum atomic E-state index is 0.719. The fourth-order valence-corrected chi connectivity index (χ4v) is 1.91. The molecular weight excluding hydrogens is 275 g/mol. The second-order valence-corrected chi connectivity index (χ2v) is 4.61. The van der Waals surface area contributed by atoms with Crippen molar-refractivity contribution < 1.29 is 0 Å². The predicted octanol–water partition coefficient (Wildman–Crippen LogP) is 3.91. The molecule has 2 aromatic rings. The highest BCUT2D eigenvalue weighted by Crippen LogP contribution is 2.23. The lowest BCUT2D eigenvalue weighted by atomic mass is 10.3. The van der Waals surface area contributed by atoms with Crippen LogP contribution < -0.4 is 0 Å². The molecule has 78 valence electrons. The Labute approximate surface area is 102 Å². The first-order valence-corrected chi connectivity index (χ1v) is 5.74. The maximum absolute atomic E-state index is 5.94. The molecule has 0 saturated heterocycles. The van der Waals surface area contributed by atoms with Crippen molar-refractivity contribution in [1.29, 1.82) is 0 Å². The second kappa shape index (κ2) is 3.99. The van der Waals surface area contributed by atoms with Gasteiger partial charge in [0.2, 0.25) is 0 Å². The number of benzene rings is 1. The zero-order valence-electron chi connectivity index (χ0n) is 8.46.